The molecule has 0 aliphatic carbocycles. The number of benzene rings is 1. The van der Waals surface area contributed by atoms with Gasteiger partial charge >= 0.3 is 0 Å². The molecule has 0 atom stereocenters. The van der Waals surface area contributed by atoms with E-state index in [1.807, 2.05) is 0 Å². The topological polar surface area (TPSA) is 26.0 Å². The summed E-state index contributed by atoms with van der Waals surface area (Å²) >= 11 is 0. The van der Waals surface area contributed by atoms with Crippen molar-refractivity contribution in [3.05, 3.63) is 35.1 Å². The second-order valence-electron chi connectivity index (χ2n) is 2.87. The van der Waals surface area contributed by atoms with E-state index in [1.165, 1.54) is 6.07 Å². The molecule has 3 heteroatoms. The molecule has 1 aromatic carbocycles. The second kappa shape index (κ2) is 5.95. The molecule has 0 aliphatic rings. The minimum Gasteiger partial charge on any atom is -0.326 e. The van der Waals surface area contributed by atoms with Crippen molar-refractivity contribution in [2.75, 3.05) is 0 Å². The van der Waals surface area contributed by atoms with Crippen LogP contribution in [0.25, 0.3) is 0 Å². The first-order valence-corrected chi connectivity index (χ1v) is 4.25. The average Bonchev–Trinajstić information content (AvgIpc) is 2.05. The maximum Gasteiger partial charge on any atom is 0.123 e. The minimum absolute atomic E-state index is 0. The van der Waals surface area contributed by atoms with Crippen LogP contribution in [0.4, 0.5) is 4.39 Å². The molecule has 0 fully saturated rings. The average molecular weight is 204 g/mol. The second-order valence-corrected chi connectivity index (χ2v) is 2.87. The molecule has 1 aromatic rings. The monoisotopic (exact) mass is 203 g/mol. The quantitative estimate of drug-likeness (QED) is 0.803. The van der Waals surface area contributed by atoms with Crippen LogP contribution >= 0.6 is 12.4 Å². The van der Waals surface area contributed by atoms with Gasteiger partial charge in [-0.1, -0.05) is 19.4 Å². The van der Waals surface area contributed by atoms with E-state index in [-0.39, 0.29) is 18.2 Å². The molecule has 0 heterocycles. The van der Waals surface area contributed by atoms with Crippen LogP contribution in [0.2, 0.25) is 0 Å². The first-order valence-electron chi connectivity index (χ1n) is 4.25. The summed E-state index contributed by atoms with van der Waals surface area (Å²) in [4.78, 5) is 0. The zero-order valence-corrected chi connectivity index (χ0v) is 8.53. The maximum absolute atomic E-state index is 12.8. The molecule has 0 aliphatic heterocycles. The van der Waals surface area contributed by atoms with Crippen LogP contribution in [0.1, 0.15) is 24.5 Å². The molecule has 0 bridgehead atoms. The van der Waals surface area contributed by atoms with Gasteiger partial charge in [-0.05, 0) is 29.7 Å². The molecule has 1 rings (SSSR count). The zero-order chi connectivity index (χ0) is 8.97. The van der Waals surface area contributed by atoms with E-state index < -0.39 is 0 Å². The van der Waals surface area contributed by atoms with Gasteiger partial charge < -0.3 is 5.73 Å². The van der Waals surface area contributed by atoms with Crippen molar-refractivity contribution in [3.63, 3.8) is 0 Å². The van der Waals surface area contributed by atoms with Crippen molar-refractivity contribution < 1.29 is 4.39 Å². The lowest BCUT2D eigenvalue weighted by Crippen LogP contribution is -2.01. The highest BCUT2D eigenvalue weighted by molar-refractivity contribution is 5.85. The Morgan fingerprint density at radius 2 is 2.00 bits per heavy atom. The highest BCUT2D eigenvalue weighted by atomic mass is 35.5. The molecule has 2 N–H and O–H groups in total. The number of rotatable bonds is 3. The molecule has 0 saturated carbocycles. The lowest BCUT2D eigenvalue weighted by Gasteiger charge is -2.05. The van der Waals surface area contributed by atoms with Crippen molar-refractivity contribution in [1.29, 1.82) is 0 Å². The summed E-state index contributed by atoms with van der Waals surface area (Å²) in [6.45, 7) is 2.57. The van der Waals surface area contributed by atoms with Crippen molar-refractivity contribution in [2.24, 2.45) is 5.73 Å². The standard InChI is InChI=1S/C10H14FN.ClH/c1-2-3-8-6-10(11)5-4-9(8)7-12;/h4-6H,2-3,7,12H2,1H3;1H. The smallest absolute Gasteiger partial charge is 0.123 e. The molecule has 0 spiro atoms. The number of hydrogen-bond donors (Lipinski definition) is 1. The van der Waals surface area contributed by atoms with Crippen LogP contribution in [0, 0.1) is 5.82 Å². The van der Waals surface area contributed by atoms with Crippen molar-refractivity contribution in [3.8, 4) is 0 Å². The Morgan fingerprint density at radius 3 is 2.54 bits per heavy atom. The van der Waals surface area contributed by atoms with Crippen molar-refractivity contribution in [2.45, 2.75) is 26.3 Å². The Bertz CT molecular complexity index is 263. The lowest BCUT2D eigenvalue weighted by molar-refractivity contribution is 0.623. The van der Waals surface area contributed by atoms with Gasteiger partial charge in [0, 0.05) is 6.54 Å². The highest BCUT2D eigenvalue weighted by Gasteiger charge is 2.00. The van der Waals surface area contributed by atoms with Crippen LogP contribution in [0.3, 0.4) is 0 Å². The first kappa shape index (κ1) is 12.4. The Hall–Kier alpha value is -0.600. The van der Waals surface area contributed by atoms with Gasteiger partial charge in [-0.25, -0.2) is 4.39 Å². The zero-order valence-electron chi connectivity index (χ0n) is 7.72. The van der Waals surface area contributed by atoms with Crippen molar-refractivity contribution in [1.82, 2.24) is 0 Å². The fourth-order valence-electron chi connectivity index (χ4n) is 1.30. The third-order valence-electron chi connectivity index (χ3n) is 1.91. The third kappa shape index (κ3) is 3.33. The van der Waals surface area contributed by atoms with Gasteiger partial charge in [0.25, 0.3) is 0 Å². The maximum atomic E-state index is 12.8. The summed E-state index contributed by atoms with van der Waals surface area (Å²) in [7, 11) is 0. The van der Waals surface area contributed by atoms with E-state index in [2.05, 4.69) is 6.92 Å². The van der Waals surface area contributed by atoms with Crippen molar-refractivity contribution >= 4 is 12.4 Å². The molecule has 0 saturated heterocycles. The molecule has 1 nitrogen and oxygen atoms in total. The number of nitrogens with two attached hydrogens (primary N) is 1. The van der Waals surface area contributed by atoms with Gasteiger partial charge in [-0.3, -0.25) is 0 Å². The Balaban J connectivity index is 0.00000144. The van der Waals surface area contributed by atoms with Gasteiger partial charge in [-0.15, -0.1) is 12.4 Å². The predicted octanol–water partition coefficient (Wildman–Crippen LogP) is 2.66. The van der Waals surface area contributed by atoms with E-state index in [4.69, 9.17) is 5.73 Å². The normalized spacial score (nSPS) is 9.46. The fraction of sp³-hybridized carbons (Fsp3) is 0.400. The van der Waals surface area contributed by atoms with E-state index >= 15 is 0 Å². The van der Waals surface area contributed by atoms with E-state index in [0.29, 0.717) is 6.54 Å². The molecule has 0 unspecified atom stereocenters. The third-order valence-corrected chi connectivity index (χ3v) is 1.91. The van der Waals surface area contributed by atoms with E-state index in [1.54, 1.807) is 12.1 Å². The largest absolute Gasteiger partial charge is 0.326 e. The van der Waals surface area contributed by atoms with Crippen LogP contribution in [0.15, 0.2) is 18.2 Å². The van der Waals surface area contributed by atoms with Gasteiger partial charge in [0.2, 0.25) is 0 Å². The van der Waals surface area contributed by atoms with Gasteiger partial charge in [0.1, 0.15) is 5.82 Å². The molecule has 13 heavy (non-hydrogen) atoms. The number of halogens is 2. The predicted molar refractivity (Wildman–Crippen MR) is 55.5 cm³/mol. The Labute approximate surface area is 84.5 Å². The fourth-order valence-corrected chi connectivity index (χ4v) is 1.30. The first-order chi connectivity index (χ1) is 5.77. The Kier molecular flexibility index (Phi) is 5.67. The van der Waals surface area contributed by atoms with Crippen LogP contribution in [-0.4, -0.2) is 0 Å². The van der Waals surface area contributed by atoms with Gasteiger partial charge in [-0.2, -0.15) is 0 Å². The number of hydrogen-bond acceptors (Lipinski definition) is 1. The summed E-state index contributed by atoms with van der Waals surface area (Å²) in [6, 6.07) is 4.80. The van der Waals surface area contributed by atoms with Gasteiger partial charge in [0.15, 0.2) is 0 Å². The summed E-state index contributed by atoms with van der Waals surface area (Å²) in [6.07, 6.45) is 1.93. The highest BCUT2D eigenvalue weighted by Crippen LogP contribution is 2.12. The van der Waals surface area contributed by atoms with Crippen LogP contribution in [0.5, 0.6) is 0 Å². The summed E-state index contributed by atoms with van der Waals surface area (Å²) in [5, 5.41) is 0. The lowest BCUT2D eigenvalue weighted by atomic mass is 10.0. The number of aryl methyl sites for hydroxylation is 1. The summed E-state index contributed by atoms with van der Waals surface area (Å²) in [5.41, 5.74) is 7.60. The Morgan fingerprint density at radius 1 is 1.31 bits per heavy atom. The molecular weight excluding hydrogens is 189 g/mol. The molecule has 0 amide bonds. The minimum atomic E-state index is -0.171. The molecule has 0 radical (unpaired) electrons. The summed E-state index contributed by atoms with van der Waals surface area (Å²) < 4.78 is 12.8. The van der Waals surface area contributed by atoms with Crippen LogP contribution < -0.4 is 5.73 Å². The van der Waals surface area contributed by atoms with Gasteiger partial charge in [0.05, 0.1) is 0 Å². The molecule has 0 aromatic heterocycles. The van der Waals surface area contributed by atoms with E-state index in [0.717, 1.165) is 24.0 Å². The van der Waals surface area contributed by atoms with E-state index in [9.17, 15) is 4.39 Å². The molecular formula is C10H15ClFN. The van der Waals surface area contributed by atoms with Crippen LogP contribution in [-0.2, 0) is 13.0 Å². The molecule has 74 valence electrons. The summed E-state index contributed by atoms with van der Waals surface area (Å²) in [5.74, 6) is -0.171. The SMILES string of the molecule is CCCc1cc(F)ccc1CN.Cl.